The first-order valence-corrected chi connectivity index (χ1v) is 12.5. The van der Waals surface area contributed by atoms with Crippen LogP contribution >= 0.6 is 0 Å². The molecule has 0 unspecified atom stereocenters. The average Bonchev–Trinajstić information content (AvgIpc) is 3.30. The molecule has 0 atom stereocenters. The lowest BCUT2D eigenvalue weighted by molar-refractivity contribution is 1.69. The standard InChI is InChI=1S/C42H26/c1-2-13-29-25-30(23-21-27(29)11-1)41-35-17-7-9-19-37(35)42(38-20-10-8-18-36(38)41)39-26-31-24-22-28-12-3-4-14-32(28)40(31)34-16-6-5-15-33(34)39/h1-26H/i1D,2D,3D,4D,5D,6D,7D,8D,9D,10D,11D,12D,13D,14D,15D,16D,17D,18D,19D,20D,21D,22D,23D,24D,25D,26D. The largest absolute Gasteiger partial charge is 0.0636 e. The summed E-state index contributed by atoms with van der Waals surface area (Å²) in [5.41, 5.74) is -2.93. The third-order valence-electron chi connectivity index (χ3n) is 7.06. The Kier molecular flexibility index (Phi) is 1.99. The lowest BCUT2D eigenvalue weighted by atomic mass is 9.83. The molecule has 0 aliphatic carbocycles. The second-order valence-corrected chi connectivity index (χ2v) is 9.25. The SMILES string of the molecule is [2H]c1c([2H])c([2H])c2c([2H])c(-c3c4c([2H])c([2H])c([2H])c([2H])c4c(-c4c([2H])c5c([2H])c([2H])c6c([2H])c([2H])c([2H])c([2H])c6c5c5c([2H])c([2H])c([2H])c([2H])c45)c4c([2H])c([2H])c([2H])c([2H])c34)c([2H])c([2H])c2c1[2H]. The maximum atomic E-state index is 9.97. The molecule has 0 heterocycles. The zero-order chi connectivity index (χ0) is 50.2. The molecule has 0 saturated heterocycles. The highest BCUT2D eigenvalue weighted by atomic mass is 14.2. The number of hydrogen-bond donors (Lipinski definition) is 0. The van der Waals surface area contributed by atoms with Crippen LogP contribution in [-0.2, 0) is 0 Å². The Morgan fingerprint density at radius 1 is 0.310 bits per heavy atom. The summed E-state index contributed by atoms with van der Waals surface area (Å²) in [5.74, 6) is 0. The van der Waals surface area contributed by atoms with Crippen LogP contribution < -0.4 is 0 Å². The fraction of sp³-hybridized carbons (Fsp3) is 0. The summed E-state index contributed by atoms with van der Waals surface area (Å²) in [6, 6.07) is -23.6. The summed E-state index contributed by atoms with van der Waals surface area (Å²) in [7, 11) is 0. The number of benzene rings is 9. The highest BCUT2D eigenvalue weighted by molar-refractivity contribution is 6.28. The van der Waals surface area contributed by atoms with Crippen molar-refractivity contribution in [3.63, 3.8) is 0 Å². The Balaban J connectivity index is 1.72. The van der Waals surface area contributed by atoms with E-state index in [0.717, 1.165) is 0 Å². The fourth-order valence-electron chi connectivity index (χ4n) is 5.34. The van der Waals surface area contributed by atoms with Gasteiger partial charge in [-0.15, -0.1) is 0 Å². The molecule has 0 aromatic heterocycles. The molecule has 9 aromatic carbocycles. The quantitative estimate of drug-likeness (QED) is 0.147. The molecule has 0 saturated carbocycles. The summed E-state index contributed by atoms with van der Waals surface area (Å²) in [5, 5.41) is -7.58. The van der Waals surface area contributed by atoms with Gasteiger partial charge in [0.05, 0.1) is 35.6 Å². The maximum Gasteiger partial charge on any atom is 0.0636 e. The van der Waals surface area contributed by atoms with Crippen LogP contribution in [0.15, 0.2) is 157 Å². The van der Waals surface area contributed by atoms with Gasteiger partial charge in [0.15, 0.2) is 0 Å². The summed E-state index contributed by atoms with van der Waals surface area (Å²) >= 11 is 0. The second-order valence-electron chi connectivity index (χ2n) is 9.25. The van der Waals surface area contributed by atoms with Gasteiger partial charge in [-0.1, -0.05) is 145 Å². The van der Waals surface area contributed by atoms with Gasteiger partial charge in [-0.3, -0.25) is 0 Å². The van der Waals surface area contributed by atoms with Crippen LogP contribution in [0, 0.1) is 0 Å². The van der Waals surface area contributed by atoms with E-state index in [1.807, 2.05) is 0 Å². The van der Waals surface area contributed by atoms with Gasteiger partial charge in [0, 0.05) is 0 Å². The highest BCUT2D eigenvalue weighted by Crippen LogP contribution is 2.47. The molecule has 9 rings (SSSR count). The molecule has 0 fully saturated rings. The Hall–Kier alpha value is -5.46. The van der Waals surface area contributed by atoms with Gasteiger partial charge < -0.3 is 0 Å². The predicted molar refractivity (Wildman–Crippen MR) is 182 cm³/mol. The molecule has 0 bridgehead atoms. The zero-order valence-electron chi connectivity index (χ0n) is 47.0. The minimum Gasteiger partial charge on any atom is -0.0616 e. The van der Waals surface area contributed by atoms with E-state index >= 15 is 0 Å². The molecule has 0 aliphatic heterocycles. The number of rotatable bonds is 2. The molecular formula is C42H26. The van der Waals surface area contributed by atoms with Crippen molar-refractivity contribution in [1.29, 1.82) is 0 Å². The molecule has 42 heavy (non-hydrogen) atoms. The predicted octanol–water partition coefficient (Wildman–Crippen LogP) is 11.9. The van der Waals surface area contributed by atoms with E-state index in [1.165, 1.54) is 0 Å². The third-order valence-corrected chi connectivity index (χ3v) is 7.06. The molecule has 0 amide bonds. The topological polar surface area (TPSA) is 0 Å². The molecule has 0 aliphatic rings. The van der Waals surface area contributed by atoms with Crippen LogP contribution in [0.4, 0.5) is 0 Å². The number of hydrogen-bond acceptors (Lipinski definition) is 0. The molecule has 9 aromatic rings. The first kappa shape index (κ1) is 9.28. The van der Waals surface area contributed by atoms with Crippen LogP contribution in [0.3, 0.4) is 0 Å². The Morgan fingerprint density at radius 3 is 1.48 bits per heavy atom. The highest BCUT2D eigenvalue weighted by Gasteiger charge is 2.19. The first-order chi connectivity index (χ1) is 31.7. The van der Waals surface area contributed by atoms with Crippen molar-refractivity contribution in [1.82, 2.24) is 0 Å². The first-order valence-electron chi connectivity index (χ1n) is 25.5. The molecule has 194 valence electrons. The van der Waals surface area contributed by atoms with Crippen molar-refractivity contribution in [3.05, 3.63) is 157 Å². The van der Waals surface area contributed by atoms with Crippen LogP contribution in [0.1, 0.15) is 35.6 Å². The Bertz CT molecular complexity index is 3890. The van der Waals surface area contributed by atoms with Gasteiger partial charge in [0.25, 0.3) is 0 Å². The molecule has 0 heteroatoms. The van der Waals surface area contributed by atoms with Gasteiger partial charge in [0.2, 0.25) is 0 Å². The van der Waals surface area contributed by atoms with E-state index in [1.54, 1.807) is 0 Å². The summed E-state index contributed by atoms with van der Waals surface area (Å²) < 4.78 is 234. The van der Waals surface area contributed by atoms with Crippen LogP contribution in [-0.4, -0.2) is 0 Å². The van der Waals surface area contributed by atoms with Crippen molar-refractivity contribution in [2.75, 3.05) is 0 Å². The zero-order valence-corrected chi connectivity index (χ0v) is 21.0. The van der Waals surface area contributed by atoms with E-state index in [9.17, 15) is 13.7 Å². The Morgan fingerprint density at radius 2 is 0.786 bits per heavy atom. The van der Waals surface area contributed by atoms with Gasteiger partial charge in [-0.2, -0.15) is 0 Å². The van der Waals surface area contributed by atoms with Crippen molar-refractivity contribution >= 4 is 64.6 Å². The van der Waals surface area contributed by atoms with E-state index in [0.29, 0.717) is 0 Å². The molecule has 0 spiro atoms. The van der Waals surface area contributed by atoms with Crippen LogP contribution in [0.2, 0.25) is 0 Å². The second kappa shape index (κ2) is 9.03. The average molecular weight is 557 g/mol. The third kappa shape index (κ3) is 3.36. The van der Waals surface area contributed by atoms with Gasteiger partial charge in [-0.25, -0.2) is 0 Å². The van der Waals surface area contributed by atoms with Gasteiger partial charge >= 0.3 is 0 Å². The minimum atomic E-state index is -0.994. The Labute approximate surface area is 280 Å². The molecule has 0 radical (unpaired) electrons. The maximum absolute atomic E-state index is 9.97. The smallest absolute Gasteiger partial charge is 0.0616 e. The van der Waals surface area contributed by atoms with Crippen molar-refractivity contribution in [2.24, 2.45) is 0 Å². The molecular weight excluding hydrogens is 504 g/mol. The van der Waals surface area contributed by atoms with Gasteiger partial charge in [-0.05, 0) is 99.0 Å². The summed E-state index contributed by atoms with van der Waals surface area (Å²) in [4.78, 5) is 0. The van der Waals surface area contributed by atoms with Crippen molar-refractivity contribution < 1.29 is 35.6 Å². The van der Waals surface area contributed by atoms with Gasteiger partial charge in [0.1, 0.15) is 0 Å². The van der Waals surface area contributed by atoms with Crippen molar-refractivity contribution in [3.8, 4) is 22.3 Å². The minimum absolute atomic E-state index is 0.501. The van der Waals surface area contributed by atoms with E-state index in [2.05, 4.69) is 0 Å². The normalized spacial score (nSPS) is 20.5. The van der Waals surface area contributed by atoms with E-state index in [-0.39, 0.29) is 0 Å². The fourth-order valence-corrected chi connectivity index (χ4v) is 5.34. The lowest BCUT2D eigenvalue weighted by Crippen LogP contribution is -1.92. The van der Waals surface area contributed by atoms with Crippen molar-refractivity contribution in [2.45, 2.75) is 0 Å². The van der Waals surface area contributed by atoms with Crippen LogP contribution in [0.5, 0.6) is 0 Å². The molecule has 0 N–H and O–H groups in total. The van der Waals surface area contributed by atoms with Crippen LogP contribution in [0.25, 0.3) is 86.9 Å². The molecule has 0 nitrogen and oxygen atoms in total. The monoisotopic (exact) mass is 556 g/mol. The van der Waals surface area contributed by atoms with E-state index in [4.69, 9.17) is 21.9 Å². The lowest BCUT2D eigenvalue weighted by Gasteiger charge is -2.20. The number of fused-ring (bicyclic) bond motifs is 8. The van der Waals surface area contributed by atoms with E-state index < -0.39 is 244 Å². The summed E-state index contributed by atoms with van der Waals surface area (Å²) in [6.45, 7) is 0. The summed E-state index contributed by atoms with van der Waals surface area (Å²) in [6.07, 6.45) is 0.